The quantitative estimate of drug-likeness (QED) is 0.872. The molecular formula is C15H21NO2. The molecule has 0 bridgehead atoms. The van der Waals surface area contributed by atoms with E-state index in [2.05, 4.69) is 18.7 Å². The third-order valence-electron chi connectivity index (χ3n) is 3.67. The fraction of sp³-hybridized carbons (Fsp3) is 0.533. The van der Waals surface area contributed by atoms with Crippen molar-refractivity contribution in [2.24, 2.45) is 11.8 Å². The van der Waals surface area contributed by atoms with Gasteiger partial charge in [-0.05, 0) is 48.9 Å². The minimum atomic E-state index is -0.848. The molecule has 98 valence electrons. The summed E-state index contributed by atoms with van der Waals surface area (Å²) in [7, 11) is 0. The van der Waals surface area contributed by atoms with Gasteiger partial charge in [-0.3, -0.25) is 0 Å². The zero-order valence-electron chi connectivity index (χ0n) is 11.3. The van der Waals surface area contributed by atoms with Gasteiger partial charge in [0.25, 0.3) is 0 Å². The van der Waals surface area contributed by atoms with Crippen LogP contribution >= 0.6 is 0 Å². The number of nitrogens with zero attached hydrogens (tertiary/aromatic N) is 1. The molecule has 1 saturated heterocycles. The molecule has 0 aromatic heterocycles. The van der Waals surface area contributed by atoms with E-state index in [1.807, 2.05) is 19.1 Å². The van der Waals surface area contributed by atoms with Crippen molar-refractivity contribution in [3.05, 3.63) is 29.3 Å². The van der Waals surface area contributed by atoms with Crippen LogP contribution in [-0.4, -0.2) is 24.2 Å². The summed E-state index contributed by atoms with van der Waals surface area (Å²) < 4.78 is 0. The molecule has 0 aliphatic carbocycles. The van der Waals surface area contributed by atoms with Crippen molar-refractivity contribution in [3.8, 4) is 0 Å². The van der Waals surface area contributed by atoms with Crippen LogP contribution in [0.3, 0.4) is 0 Å². The molecule has 0 radical (unpaired) electrons. The maximum Gasteiger partial charge on any atom is 0.335 e. The van der Waals surface area contributed by atoms with Crippen molar-refractivity contribution in [1.82, 2.24) is 0 Å². The van der Waals surface area contributed by atoms with Gasteiger partial charge in [-0.15, -0.1) is 0 Å². The Balaban J connectivity index is 2.23. The third-order valence-corrected chi connectivity index (χ3v) is 3.67. The first-order valence-corrected chi connectivity index (χ1v) is 6.56. The van der Waals surface area contributed by atoms with E-state index in [0.29, 0.717) is 17.4 Å². The number of hydrogen-bond donors (Lipinski definition) is 1. The van der Waals surface area contributed by atoms with Gasteiger partial charge >= 0.3 is 5.97 Å². The second-order valence-corrected chi connectivity index (χ2v) is 5.66. The highest BCUT2D eigenvalue weighted by Gasteiger charge is 2.22. The average Bonchev–Trinajstić information content (AvgIpc) is 2.26. The van der Waals surface area contributed by atoms with Crippen LogP contribution < -0.4 is 4.90 Å². The van der Waals surface area contributed by atoms with E-state index >= 15 is 0 Å². The van der Waals surface area contributed by atoms with Crippen molar-refractivity contribution >= 4 is 11.7 Å². The molecule has 1 aromatic rings. The normalized spacial score (nSPS) is 24.1. The molecule has 0 amide bonds. The SMILES string of the molecule is Cc1cc(N2CC(C)CC(C)C2)ccc1C(=O)O. The fourth-order valence-corrected chi connectivity index (χ4v) is 2.96. The summed E-state index contributed by atoms with van der Waals surface area (Å²) in [5.41, 5.74) is 2.39. The summed E-state index contributed by atoms with van der Waals surface area (Å²) in [6, 6.07) is 5.65. The van der Waals surface area contributed by atoms with E-state index in [4.69, 9.17) is 5.11 Å². The highest BCUT2D eigenvalue weighted by atomic mass is 16.4. The van der Waals surface area contributed by atoms with Gasteiger partial charge in [0.15, 0.2) is 0 Å². The molecule has 1 aromatic carbocycles. The van der Waals surface area contributed by atoms with Gasteiger partial charge in [0, 0.05) is 18.8 Å². The largest absolute Gasteiger partial charge is 0.478 e. The van der Waals surface area contributed by atoms with Crippen molar-refractivity contribution in [2.45, 2.75) is 27.2 Å². The van der Waals surface area contributed by atoms with Gasteiger partial charge in [-0.25, -0.2) is 4.79 Å². The van der Waals surface area contributed by atoms with Crippen molar-refractivity contribution < 1.29 is 9.90 Å². The lowest BCUT2D eigenvalue weighted by atomic mass is 9.91. The second-order valence-electron chi connectivity index (χ2n) is 5.66. The van der Waals surface area contributed by atoms with Crippen LogP contribution in [0.2, 0.25) is 0 Å². The number of carboxylic acid groups (broad SMARTS) is 1. The van der Waals surface area contributed by atoms with Crippen LogP contribution in [0.15, 0.2) is 18.2 Å². The molecule has 0 spiro atoms. The van der Waals surface area contributed by atoms with Gasteiger partial charge < -0.3 is 10.0 Å². The molecule has 3 heteroatoms. The molecule has 2 rings (SSSR count). The number of hydrogen-bond acceptors (Lipinski definition) is 2. The highest BCUT2D eigenvalue weighted by Crippen LogP contribution is 2.27. The van der Waals surface area contributed by atoms with E-state index in [1.54, 1.807) is 6.07 Å². The number of piperidine rings is 1. The van der Waals surface area contributed by atoms with E-state index in [-0.39, 0.29) is 0 Å². The number of rotatable bonds is 2. The number of benzene rings is 1. The Hall–Kier alpha value is -1.51. The molecule has 1 N–H and O–H groups in total. The molecule has 2 atom stereocenters. The van der Waals surface area contributed by atoms with Crippen LogP contribution in [0.1, 0.15) is 36.2 Å². The summed E-state index contributed by atoms with van der Waals surface area (Å²) in [4.78, 5) is 13.4. The highest BCUT2D eigenvalue weighted by molar-refractivity contribution is 5.89. The Labute approximate surface area is 108 Å². The van der Waals surface area contributed by atoms with E-state index in [9.17, 15) is 4.79 Å². The van der Waals surface area contributed by atoms with Gasteiger partial charge in [0.05, 0.1) is 5.56 Å². The Morgan fingerprint density at radius 1 is 1.28 bits per heavy atom. The Bertz CT molecular complexity index is 446. The summed E-state index contributed by atoms with van der Waals surface area (Å²) >= 11 is 0. The number of anilines is 1. The molecule has 0 saturated carbocycles. The lowest BCUT2D eigenvalue weighted by Crippen LogP contribution is -2.38. The fourth-order valence-electron chi connectivity index (χ4n) is 2.96. The van der Waals surface area contributed by atoms with E-state index in [1.165, 1.54) is 6.42 Å². The maximum atomic E-state index is 11.0. The molecule has 1 aliphatic rings. The molecule has 2 unspecified atom stereocenters. The van der Waals surface area contributed by atoms with Gasteiger partial charge in [-0.2, -0.15) is 0 Å². The van der Waals surface area contributed by atoms with E-state index in [0.717, 1.165) is 24.3 Å². The standard InChI is InChI=1S/C15H21NO2/c1-10-6-11(2)9-16(8-10)13-4-5-14(15(17)18)12(3)7-13/h4-5,7,10-11H,6,8-9H2,1-3H3,(H,17,18). The van der Waals surface area contributed by atoms with Crippen LogP contribution in [0.4, 0.5) is 5.69 Å². The first kappa shape index (κ1) is 12.9. The second kappa shape index (κ2) is 5.01. The number of carbonyl (C=O) groups is 1. The summed E-state index contributed by atoms with van der Waals surface area (Å²) in [6.45, 7) is 8.55. The predicted octanol–water partition coefficient (Wildman–Crippen LogP) is 3.18. The Kier molecular flexibility index (Phi) is 3.60. The minimum absolute atomic E-state index is 0.400. The first-order chi connectivity index (χ1) is 8.47. The molecule has 1 heterocycles. The summed E-state index contributed by atoms with van der Waals surface area (Å²) in [5, 5.41) is 9.04. The summed E-state index contributed by atoms with van der Waals surface area (Å²) in [5.74, 6) is 0.556. The molecule has 18 heavy (non-hydrogen) atoms. The monoisotopic (exact) mass is 247 g/mol. The lowest BCUT2D eigenvalue weighted by Gasteiger charge is -2.36. The third kappa shape index (κ3) is 2.66. The average molecular weight is 247 g/mol. The number of aryl methyl sites for hydroxylation is 1. The molecule has 1 aliphatic heterocycles. The lowest BCUT2D eigenvalue weighted by molar-refractivity contribution is 0.0696. The van der Waals surface area contributed by atoms with E-state index < -0.39 is 5.97 Å². The summed E-state index contributed by atoms with van der Waals surface area (Å²) in [6.07, 6.45) is 1.28. The van der Waals surface area contributed by atoms with Crippen LogP contribution in [0.25, 0.3) is 0 Å². The number of carboxylic acids is 1. The van der Waals surface area contributed by atoms with Gasteiger partial charge in [0.2, 0.25) is 0 Å². The number of aromatic carboxylic acids is 1. The topological polar surface area (TPSA) is 40.5 Å². The Morgan fingerprint density at radius 3 is 2.39 bits per heavy atom. The zero-order valence-corrected chi connectivity index (χ0v) is 11.3. The van der Waals surface area contributed by atoms with Crippen LogP contribution in [0, 0.1) is 18.8 Å². The van der Waals surface area contributed by atoms with Crippen molar-refractivity contribution in [1.29, 1.82) is 0 Å². The molecule has 3 nitrogen and oxygen atoms in total. The van der Waals surface area contributed by atoms with Crippen LogP contribution in [0.5, 0.6) is 0 Å². The maximum absolute atomic E-state index is 11.0. The van der Waals surface area contributed by atoms with Gasteiger partial charge in [0.1, 0.15) is 0 Å². The van der Waals surface area contributed by atoms with Crippen molar-refractivity contribution in [2.75, 3.05) is 18.0 Å². The molecular weight excluding hydrogens is 226 g/mol. The van der Waals surface area contributed by atoms with Crippen LogP contribution in [-0.2, 0) is 0 Å². The van der Waals surface area contributed by atoms with Crippen molar-refractivity contribution in [3.63, 3.8) is 0 Å². The minimum Gasteiger partial charge on any atom is -0.478 e. The predicted molar refractivity (Wildman–Crippen MR) is 73.3 cm³/mol. The molecule has 1 fully saturated rings. The van der Waals surface area contributed by atoms with Gasteiger partial charge in [-0.1, -0.05) is 13.8 Å². The first-order valence-electron chi connectivity index (χ1n) is 6.56. The Morgan fingerprint density at radius 2 is 1.89 bits per heavy atom. The zero-order chi connectivity index (χ0) is 13.3. The smallest absolute Gasteiger partial charge is 0.335 e.